The minimum Gasteiger partial charge on any atom is -0.496 e. The fraction of sp³-hybridized carbons (Fsp3) is 0.647. The number of likely N-dealkylation sites (N-methyl/N-ethyl adjacent to an activating group) is 1. The number of fused-ring (bicyclic) bond motifs is 1. The van der Waals surface area contributed by atoms with Crippen LogP contribution in [-0.2, 0) is 17.7 Å². The van der Waals surface area contributed by atoms with Crippen LogP contribution in [0.25, 0.3) is 0 Å². The molecule has 0 aromatic heterocycles. The molecule has 0 bridgehead atoms. The van der Waals surface area contributed by atoms with Crippen LogP contribution in [0.3, 0.4) is 0 Å². The van der Waals surface area contributed by atoms with Gasteiger partial charge in [0.05, 0.1) is 19.8 Å². The van der Waals surface area contributed by atoms with Crippen molar-refractivity contribution in [1.29, 1.82) is 0 Å². The maximum absolute atomic E-state index is 5.84. The van der Waals surface area contributed by atoms with Gasteiger partial charge in [-0.25, -0.2) is 0 Å². The first kappa shape index (κ1) is 15.6. The van der Waals surface area contributed by atoms with Crippen LogP contribution in [0.2, 0.25) is 0 Å². The lowest BCUT2D eigenvalue weighted by molar-refractivity contribution is -0.0182. The van der Waals surface area contributed by atoms with E-state index in [0.29, 0.717) is 0 Å². The Balaban J connectivity index is 1.59. The molecule has 0 saturated carbocycles. The lowest BCUT2D eigenvalue weighted by atomic mass is 10.1. The van der Waals surface area contributed by atoms with Crippen molar-refractivity contribution in [2.24, 2.45) is 0 Å². The van der Waals surface area contributed by atoms with Gasteiger partial charge in [0.1, 0.15) is 17.6 Å². The molecule has 122 valence electrons. The van der Waals surface area contributed by atoms with Crippen molar-refractivity contribution in [2.75, 3.05) is 40.4 Å². The molecule has 2 aliphatic rings. The normalized spacial score (nSPS) is 24.9. The van der Waals surface area contributed by atoms with Crippen LogP contribution in [0, 0.1) is 0 Å². The Bertz CT molecular complexity index is 521. The fourth-order valence-corrected chi connectivity index (χ4v) is 3.17. The average molecular weight is 306 g/mol. The SMILES string of the molecule is COc1cc2c(cc1CNC[C@@H]1CN(C)CCO1)O[C@H](C)C2. The number of benzene rings is 1. The van der Waals surface area contributed by atoms with Crippen LogP contribution in [-0.4, -0.2) is 57.5 Å². The van der Waals surface area contributed by atoms with E-state index in [-0.39, 0.29) is 12.2 Å². The van der Waals surface area contributed by atoms with E-state index in [1.54, 1.807) is 7.11 Å². The summed E-state index contributed by atoms with van der Waals surface area (Å²) in [5.41, 5.74) is 2.38. The summed E-state index contributed by atoms with van der Waals surface area (Å²) in [7, 11) is 3.86. The number of methoxy groups -OCH3 is 1. The second kappa shape index (κ2) is 6.86. The number of hydrogen-bond acceptors (Lipinski definition) is 5. The van der Waals surface area contributed by atoms with Gasteiger partial charge in [0.2, 0.25) is 0 Å². The first-order valence-electron chi connectivity index (χ1n) is 8.03. The number of nitrogens with zero attached hydrogens (tertiary/aromatic N) is 1. The maximum Gasteiger partial charge on any atom is 0.123 e. The van der Waals surface area contributed by atoms with Crippen LogP contribution in [0.1, 0.15) is 18.1 Å². The van der Waals surface area contributed by atoms with Crippen LogP contribution in [0.4, 0.5) is 0 Å². The Morgan fingerprint density at radius 3 is 3.05 bits per heavy atom. The third-order valence-electron chi connectivity index (χ3n) is 4.33. The van der Waals surface area contributed by atoms with Crippen molar-refractivity contribution in [3.8, 4) is 11.5 Å². The molecule has 1 aromatic rings. The summed E-state index contributed by atoms with van der Waals surface area (Å²) in [5.74, 6) is 1.93. The average Bonchev–Trinajstić information content (AvgIpc) is 2.85. The van der Waals surface area contributed by atoms with Crippen molar-refractivity contribution in [3.05, 3.63) is 23.3 Å². The van der Waals surface area contributed by atoms with Crippen LogP contribution in [0.5, 0.6) is 11.5 Å². The van der Waals surface area contributed by atoms with Gasteiger partial charge in [0, 0.05) is 43.7 Å². The highest BCUT2D eigenvalue weighted by Gasteiger charge is 2.22. The molecule has 5 nitrogen and oxygen atoms in total. The molecule has 5 heteroatoms. The molecule has 2 heterocycles. The zero-order chi connectivity index (χ0) is 15.5. The number of rotatable bonds is 5. The molecule has 0 amide bonds. The summed E-state index contributed by atoms with van der Waals surface area (Å²) < 4.78 is 17.1. The summed E-state index contributed by atoms with van der Waals surface area (Å²) in [6, 6.07) is 4.22. The van der Waals surface area contributed by atoms with Gasteiger partial charge < -0.3 is 24.4 Å². The fourth-order valence-electron chi connectivity index (χ4n) is 3.17. The molecule has 3 rings (SSSR count). The molecule has 0 spiro atoms. The van der Waals surface area contributed by atoms with Crippen molar-refractivity contribution < 1.29 is 14.2 Å². The standard InChI is InChI=1S/C17H26N2O3/c1-12-6-13-7-16(20-3)14(8-17(13)22-12)9-18-10-15-11-19(2)4-5-21-15/h7-8,12,15,18H,4-6,9-11H2,1-3H3/t12-,15-/m1/s1. The Morgan fingerprint density at radius 2 is 2.27 bits per heavy atom. The van der Waals surface area contributed by atoms with Gasteiger partial charge in [-0.2, -0.15) is 0 Å². The van der Waals surface area contributed by atoms with Gasteiger partial charge in [-0.15, -0.1) is 0 Å². The topological polar surface area (TPSA) is 43.0 Å². The summed E-state index contributed by atoms with van der Waals surface area (Å²) >= 11 is 0. The first-order valence-corrected chi connectivity index (χ1v) is 8.03. The second-order valence-corrected chi connectivity index (χ2v) is 6.29. The minimum absolute atomic E-state index is 0.258. The number of morpholine rings is 1. The summed E-state index contributed by atoms with van der Waals surface area (Å²) in [6.07, 6.45) is 1.48. The Labute approximate surface area is 132 Å². The highest BCUT2D eigenvalue weighted by atomic mass is 16.5. The quantitative estimate of drug-likeness (QED) is 0.892. The van der Waals surface area contributed by atoms with E-state index in [0.717, 1.165) is 56.3 Å². The summed E-state index contributed by atoms with van der Waals surface area (Å²) in [4.78, 5) is 2.31. The van der Waals surface area contributed by atoms with Gasteiger partial charge in [0.25, 0.3) is 0 Å². The van der Waals surface area contributed by atoms with E-state index in [4.69, 9.17) is 14.2 Å². The molecule has 0 unspecified atom stereocenters. The highest BCUT2D eigenvalue weighted by Crippen LogP contribution is 2.34. The summed E-state index contributed by atoms with van der Waals surface area (Å²) in [6.45, 7) is 6.53. The van der Waals surface area contributed by atoms with Crippen LogP contribution >= 0.6 is 0 Å². The predicted molar refractivity (Wildman–Crippen MR) is 85.7 cm³/mol. The largest absolute Gasteiger partial charge is 0.496 e. The van der Waals surface area contributed by atoms with Crippen LogP contribution < -0.4 is 14.8 Å². The van der Waals surface area contributed by atoms with Gasteiger partial charge >= 0.3 is 0 Å². The van der Waals surface area contributed by atoms with Gasteiger partial charge in [-0.1, -0.05) is 0 Å². The molecule has 1 fully saturated rings. The van der Waals surface area contributed by atoms with Crippen molar-refractivity contribution in [1.82, 2.24) is 10.2 Å². The molecule has 2 aliphatic heterocycles. The lowest BCUT2D eigenvalue weighted by Crippen LogP contribution is -2.44. The van der Waals surface area contributed by atoms with Crippen molar-refractivity contribution in [2.45, 2.75) is 32.1 Å². The Kier molecular flexibility index (Phi) is 4.86. The number of hydrogen-bond donors (Lipinski definition) is 1. The molecule has 1 aromatic carbocycles. The van der Waals surface area contributed by atoms with E-state index in [9.17, 15) is 0 Å². The molecule has 1 saturated heterocycles. The molecule has 2 atom stereocenters. The van der Waals surface area contributed by atoms with E-state index >= 15 is 0 Å². The highest BCUT2D eigenvalue weighted by molar-refractivity contribution is 5.48. The molecular weight excluding hydrogens is 280 g/mol. The van der Waals surface area contributed by atoms with Crippen LogP contribution in [0.15, 0.2) is 12.1 Å². The third kappa shape index (κ3) is 3.54. The molecule has 0 radical (unpaired) electrons. The Morgan fingerprint density at radius 1 is 1.41 bits per heavy atom. The van der Waals surface area contributed by atoms with E-state index in [2.05, 4.69) is 36.3 Å². The zero-order valence-electron chi connectivity index (χ0n) is 13.7. The molecular formula is C17H26N2O3. The second-order valence-electron chi connectivity index (χ2n) is 6.29. The van der Waals surface area contributed by atoms with Gasteiger partial charge in [0.15, 0.2) is 0 Å². The van der Waals surface area contributed by atoms with E-state index in [1.807, 2.05) is 0 Å². The van der Waals surface area contributed by atoms with Crippen molar-refractivity contribution in [3.63, 3.8) is 0 Å². The predicted octanol–water partition coefficient (Wildman–Crippen LogP) is 1.44. The number of ether oxygens (including phenoxy) is 3. The third-order valence-corrected chi connectivity index (χ3v) is 4.33. The lowest BCUT2D eigenvalue weighted by Gasteiger charge is -2.30. The molecule has 22 heavy (non-hydrogen) atoms. The number of nitrogens with one attached hydrogen (secondary N) is 1. The van der Waals surface area contributed by atoms with Crippen molar-refractivity contribution >= 4 is 0 Å². The Hall–Kier alpha value is -1.30. The zero-order valence-corrected chi connectivity index (χ0v) is 13.7. The summed E-state index contributed by atoms with van der Waals surface area (Å²) in [5, 5.41) is 3.48. The first-order chi connectivity index (χ1) is 10.7. The van der Waals surface area contributed by atoms with E-state index in [1.165, 1.54) is 5.56 Å². The maximum atomic E-state index is 5.84. The van der Waals surface area contributed by atoms with Gasteiger partial charge in [-0.05, 0) is 26.1 Å². The minimum atomic E-state index is 0.258. The van der Waals surface area contributed by atoms with Gasteiger partial charge in [-0.3, -0.25) is 0 Å². The molecule has 0 aliphatic carbocycles. The molecule has 1 N–H and O–H groups in total. The monoisotopic (exact) mass is 306 g/mol. The van der Waals surface area contributed by atoms with E-state index < -0.39 is 0 Å². The smallest absolute Gasteiger partial charge is 0.123 e.